The fraction of sp³-hybridized carbons (Fsp3) is 0.449. The van der Waals surface area contributed by atoms with E-state index in [9.17, 15) is 24.9 Å². The molecule has 0 spiro atoms. The van der Waals surface area contributed by atoms with Crippen molar-refractivity contribution in [2.45, 2.75) is 183 Å². The third kappa shape index (κ3) is 14.4. The number of carboxylic acid groups (broad SMARTS) is 1. The molecule has 8 heteroatoms. The molecule has 0 amide bonds. The predicted octanol–water partition coefficient (Wildman–Crippen LogP) is 15.1. The zero-order valence-electron chi connectivity index (χ0n) is 49.2. The molecule has 6 rings (SSSR count). The van der Waals surface area contributed by atoms with Crippen LogP contribution in [0, 0.1) is 38.5 Å². The van der Waals surface area contributed by atoms with Gasteiger partial charge in [-0.2, -0.15) is 0 Å². The number of carbonyl (C=O) groups is 2. The topological polar surface area (TPSA) is 156 Å². The summed E-state index contributed by atoms with van der Waals surface area (Å²) >= 11 is 0. The largest absolute Gasteiger partial charge is 0.480 e. The van der Waals surface area contributed by atoms with Gasteiger partial charge < -0.3 is 31.5 Å². The van der Waals surface area contributed by atoms with Crippen molar-refractivity contribution in [3.05, 3.63) is 188 Å². The second-order valence-electron chi connectivity index (χ2n) is 23.8. The molecule has 2 unspecified atom stereocenters. The lowest BCUT2D eigenvalue weighted by Crippen LogP contribution is -2.27. The maximum absolute atomic E-state index is 11.8. The van der Waals surface area contributed by atoms with Gasteiger partial charge in [-0.3, -0.25) is 9.59 Å². The normalized spacial score (nSPS) is 13.8. The molecule has 6 aromatic rings. The van der Waals surface area contributed by atoms with Crippen LogP contribution in [0.15, 0.2) is 121 Å². The quantitative estimate of drug-likeness (QED) is 0.0473. The Bertz CT molecular complexity index is 2910. The molecule has 0 bridgehead atoms. The highest BCUT2D eigenvalue weighted by atomic mass is 16.5. The summed E-state index contributed by atoms with van der Waals surface area (Å²) in [7, 11) is 1.35. The standard InChI is InChI=1S/C35H47NO3.C34H45NO3/c1-9-35(10-2,28-17-15-25(23(3)21-28)16-20-31(37)34(5,6)7)29-18-19-30(24(4)22-29)26-11-13-27(14-12-26)32(36)33(38)39-8;1-8-34(9-2,27-16-14-24(22(3)20-27)15-19-30(36)33(5,6)7)28-17-18-29(23(4)21-28)25-10-12-26(13-11-25)31(35)32(37)38/h11-15,17-19,21-22,31-32,37H,9-10,16,20,36H2,1-8H3;10-14,16-18,20-21,30-31,36H,8-9,15,19,35H2,1-7H3,(H,37,38)/t31?,32-;30?,31-/m11/s1. The highest BCUT2D eigenvalue weighted by molar-refractivity contribution is 5.78. The number of aliphatic hydroxyl groups is 2. The van der Waals surface area contributed by atoms with E-state index >= 15 is 0 Å². The average Bonchev–Trinajstić information content (AvgIpc) is 3.40. The fourth-order valence-electron chi connectivity index (χ4n) is 11.2. The molecule has 0 aliphatic heterocycles. The van der Waals surface area contributed by atoms with E-state index in [0.717, 1.165) is 73.6 Å². The molecule has 0 fully saturated rings. The maximum Gasteiger partial charge on any atom is 0.327 e. The number of ether oxygens (including phenoxy) is 1. The van der Waals surface area contributed by atoms with Crippen LogP contribution in [0.2, 0.25) is 0 Å². The molecule has 4 atom stereocenters. The van der Waals surface area contributed by atoms with Gasteiger partial charge in [-0.15, -0.1) is 0 Å². The average molecular weight is 1050 g/mol. The van der Waals surface area contributed by atoms with Gasteiger partial charge in [0, 0.05) is 10.8 Å². The van der Waals surface area contributed by atoms with E-state index in [1.807, 2.05) is 36.4 Å². The molecule has 8 nitrogen and oxygen atoms in total. The molecule has 77 heavy (non-hydrogen) atoms. The summed E-state index contributed by atoms with van der Waals surface area (Å²) in [5, 5.41) is 30.2. The van der Waals surface area contributed by atoms with E-state index in [1.165, 1.54) is 68.3 Å². The number of aliphatic carboxylic acids is 1. The van der Waals surface area contributed by atoms with Crippen LogP contribution in [0.3, 0.4) is 0 Å². The zero-order valence-corrected chi connectivity index (χ0v) is 49.2. The lowest BCUT2D eigenvalue weighted by Gasteiger charge is -2.34. The monoisotopic (exact) mass is 1040 g/mol. The fourth-order valence-corrected chi connectivity index (χ4v) is 11.2. The number of benzene rings is 6. The van der Waals surface area contributed by atoms with E-state index < -0.39 is 24.0 Å². The minimum Gasteiger partial charge on any atom is -0.480 e. The van der Waals surface area contributed by atoms with Crippen LogP contribution in [-0.4, -0.2) is 46.6 Å². The molecule has 0 saturated carbocycles. The van der Waals surface area contributed by atoms with Gasteiger partial charge >= 0.3 is 11.9 Å². The van der Waals surface area contributed by atoms with Gasteiger partial charge in [0.25, 0.3) is 0 Å². The molecule has 0 radical (unpaired) electrons. The van der Waals surface area contributed by atoms with Crippen LogP contribution in [0.5, 0.6) is 0 Å². The van der Waals surface area contributed by atoms with Crippen LogP contribution in [0.1, 0.15) is 187 Å². The number of aliphatic hydroxyl groups excluding tert-OH is 2. The molecule has 0 aliphatic carbocycles. The van der Waals surface area contributed by atoms with Gasteiger partial charge in [0.05, 0.1) is 19.3 Å². The Morgan fingerprint density at radius 3 is 1.06 bits per heavy atom. The first kappa shape index (κ1) is 61.9. The van der Waals surface area contributed by atoms with Gasteiger partial charge in [-0.05, 0) is 179 Å². The first-order valence-electron chi connectivity index (χ1n) is 28.0. The summed E-state index contributed by atoms with van der Waals surface area (Å²) in [6, 6.07) is 40.9. The molecule has 0 aliphatic rings. The van der Waals surface area contributed by atoms with Gasteiger partial charge in [0.15, 0.2) is 0 Å². The van der Waals surface area contributed by atoms with Gasteiger partial charge in [0.1, 0.15) is 12.1 Å². The summed E-state index contributed by atoms with van der Waals surface area (Å²) in [6.07, 6.45) is 6.65. The number of nitrogens with two attached hydrogens (primary N) is 2. The van der Waals surface area contributed by atoms with Crippen LogP contribution in [0.25, 0.3) is 22.3 Å². The van der Waals surface area contributed by atoms with Crippen molar-refractivity contribution in [3.63, 3.8) is 0 Å². The predicted molar refractivity (Wildman–Crippen MR) is 319 cm³/mol. The molecular weight excluding hydrogens is 953 g/mol. The maximum atomic E-state index is 11.8. The highest BCUT2D eigenvalue weighted by Gasteiger charge is 2.34. The van der Waals surface area contributed by atoms with Crippen LogP contribution < -0.4 is 11.5 Å². The SMILES string of the molecule is CCC(CC)(c1ccc(CCC(O)C(C)(C)C)c(C)c1)c1ccc(-c2ccc([C@@H](N)C(=O)O)cc2)c(C)c1.CCC(CC)(c1ccc(CCC(O)C(C)(C)C)c(C)c1)c1ccc(-c2ccc([C@@H](N)C(=O)OC)cc2)c(C)c1. The molecule has 6 aromatic carbocycles. The van der Waals surface area contributed by atoms with Crippen LogP contribution in [0.4, 0.5) is 0 Å². The van der Waals surface area contributed by atoms with Crippen molar-refractivity contribution in [2.75, 3.05) is 7.11 Å². The number of rotatable bonds is 20. The minimum atomic E-state index is -1.03. The minimum absolute atomic E-state index is 0.0748. The summed E-state index contributed by atoms with van der Waals surface area (Å²) in [6.45, 7) is 30.3. The summed E-state index contributed by atoms with van der Waals surface area (Å²) in [5.74, 6) is -1.47. The third-order valence-corrected chi connectivity index (χ3v) is 17.0. The van der Waals surface area contributed by atoms with Crippen molar-refractivity contribution in [3.8, 4) is 22.3 Å². The molecule has 7 N–H and O–H groups in total. The van der Waals surface area contributed by atoms with Crippen molar-refractivity contribution in [1.82, 2.24) is 0 Å². The highest BCUT2D eigenvalue weighted by Crippen LogP contribution is 2.43. The third-order valence-electron chi connectivity index (χ3n) is 17.0. The van der Waals surface area contributed by atoms with Crippen molar-refractivity contribution in [1.29, 1.82) is 0 Å². The van der Waals surface area contributed by atoms with Crippen molar-refractivity contribution < 1.29 is 29.6 Å². The summed E-state index contributed by atoms with van der Waals surface area (Å²) in [4.78, 5) is 23.0. The Balaban J connectivity index is 0.000000284. The zero-order chi connectivity index (χ0) is 57.2. The summed E-state index contributed by atoms with van der Waals surface area (Å²) < 4.78 is 4.78. The van der Waals surface area contributed by atoms with E-state index in [4.69, 9.17) is 16.2 Å². The first-order chi connectivity index (χ1) is 36.2. The van der Waals surface area contributed by atoms with E-state index in [-0.39, 0.29) is 33.9 Å². The van der Waals surface area contributed by atoms with Crippen molar-refractivity contribution in [2.24, 2.45) is 22.3 Å². The Kier molecular flexibility index (Phi) is 21.1. The van der Waals surface area contributed by atoms with Gasteiger partial charge in [-0.1, -0.05) is 191 Å². The number of carbonyl (C=O) groups excluding carboxylic acids is 1. The Labute approximate surface area is 462 Å². The molecule has 0 saturated heterocycles. The lowest BCUT2D eigenvalue weighted by molar-refractivity contribution is -0.142. The van der Waals surface area contributed by atoms with E-state index in [0.29, 0.717) is 5.56 Å². The summed E-state index contributed by atoms with van der Waals surface area (Å²) in [5.41, 5.74) is 30.1. The van der Waals surface area contributed by atoms with Gasteiger partial charge in [-0.25, -0.2) is 0 Å². The number of aryl methyl sites for hydroxylation is 6. The molecule has 0 aromatic heterocycles. The number of methoxy groups -OCH3 is 1. The van der Waals surface area contributed by atoms with E-state index in [2.05, 4.69) is 170 Å². The Hall–Kier alpha value is -5.90. The van der Waals surface area contributed by atoms with E-state index in [1.54, 1.807) is 12.1 Å². The van der Waals surface area contributed by atoms with Gasteiger partial charge in [0.2, 0.25) is 0 Å². The number of hydrogen-bond donors (Lipinski definition) is 5. The second-order valence-corrected chi connectivity index (χ2v) is 23.8. The lowest BCUT2D eigenvalue weighted by atomic mass is 9.69. The molecular formula is C69H92N2O6. The molecule has 414 valence electrons. The number of hydrogen-bond acceptors (Lipinski definition) is 7. The Morgan fingerprint density at radius 2 is 0.792 bits per heavy atom. The number of esters is 1. The second kappa shape index (κ2) is 26.2. The van der Waals surface area contributed by atoms with Crippen LogP contribution >= 0.6 is 0 Å². The smallest absolute Gasteiger partial charge is 0.327 e. The Morgan fingerprint density at radius 1 is 0.481 bits per heavy atom. The number of carboxylic acids is 1. The van der Waals surface area contributed by atoms with Crippen molar-refractivity contribution >= 4 is 11.9 Å². The van der Waals surface area contributed by atoms with Crippen LogP contribution in [-0.2, 0) is 38.0 Å². The molecule has 0 heterocycles. The first-order valence-corrected chi connectivity index (χ1v) is 28.0.